The molecule has 2 aliphatic heterocycles. The van der Waals surface area contributed by atoms with Crippen molar-refractivity contribution in [2.45, 2.75) is 31.8 Å². The van der Waals surface area contributed by atoms with Crippen molar-refractivity contribution < 1.29 is 33.3 Å². The molecule has 2 aromatic carbocycles. The van der Waals surface area contributed by atoms with Gasteiger partial charge in [-0.05, 0) is 30.9 Å². The zero-order valence-corrected chi connectivity index (χ0v) is 24.2. The Morgan fingerprint density at radius 3 is 2.45 bits per heavy atom. The van der Waals surface area contributed by atoms with E-state index in [0.717, 1.165) is 0 Å². The predicted octanol–water partition coefficient (Wildman–Crippen LogP) is 4.21. The van der Waals surface area contributed by atoms with Gasteiger partial charge in [-0.15, -0.1) is 0 Å². The monoisotopic (exact) mass is 590 g/mol. The molecule has 0 saturated carbocycles. The van der Waals surface area contributed by atoms with Crippen molar-refractivity contribution in [2.24, 2.45) is 5.92 Å². The van der Waals surface area contributed by atoms with Crippen molar-refractivity contribution in [1.29, 1.82) is 0 Å². The summed E-state index contributed by atoms with van der Waals surface area (Å²) in [5.41, 5.74) is -0.668. The van der Waals surface area contributed by atoms with E-state index in [1.165, 1.54) is 27.4 Å². The summed E-state index contributed by atoms with van der Waals surface area (Å²) in [6.07, 6.45) is 0.200. The largest absolute Gasteiger partial charge is 0.496 e. The minimum atomic E-state index is -2.03. The minimum absolute atomic E-state index is 0.0218. The van der Waals surface area contributed by atoms with Crippen LogP contribution in [0.1, 0.15) is 42.1 Å². The second kappa shape index (κ2) is 9.77. The molecule has 0 fully saturated rings. The van der Waals surface area contributed by atoms with Gasteiger partial charge in [-0.2, -0.15) is 0 Å². The number of hydrogen-bond donors (Lipinski definition) is 2. The van der Waals surface area contributed by atoms with Gasteiger partial charge in [-0.3, -0.25) is 14.4 Å². The van der Waals surface area contributed by atoms with Gasteiger partial charge >= 0.3 is 5.97 Å². The van der Waals surface area contributed by atoms with Gasteiger partial charge in [0.1, 0.15) is 22.1 Å². The average molecular weight is 591 g/mol. The maximum atomic E-state index is 14.8. The van der Waals surface area contributed by atoms with E-state index in [1.807, 2.05) is 12.1 Å². The topological polar surface area (TPSA) is 133 Å². The molecule has 3 heterocycles. The lowest BCUT2D eigenvalue weighted by Gasteiger charge is -2.42. The number of carbonyl (C=O) groups excluding carboxylic acids is 3. The number of para-hydroxylation sites is 1. The number of allylic oxidation sites excluding steroid dienone is 2. The number of methoxy groups -OCH3 is 3. The molecule has 3 aliphatic rings. The molecule has 11 heteroatoms. The lowest BCUT2D eigenvalue weighted by Crippen LogP contribution is -2.58. The highest BCUT2D eigenvalue weighted by Gasteiger charge is 2.64. The summed E-state index contributed by atoms with van der Waals surface area (Å²) in [7, 11) is 4.02. The number of fused-ring (bicyclic) bond motifs is 2. The first-order valence-corrected chi connectivity index (χ1v) is 13.6. The quantitative estimate of drug-likeness (QED) is 0.339. The summed E-state index contributed by atoms with van der Waals surface area (Å²) in [5, 5.41) is 3.90. The minimum Gasteiger partial charge on any atom is -0.496 e. The first kappa shape index (κ1) is 27.6. The summed E-state index contributed by atoms with van der Waals surface area (Å²) >= 11 is 6.58. The van der Waals surface area contributed by atoms with Crippen LogP contribution in [0.15, 0.2) is 63.7 Å². The molecule has 1 aromatic heterocycles. The highest BCUT2D eigenvalue weighted by atomic mass is 35.5. The Morgan fingerprint density at radius 1 is 1.05 bits per heavy atom. The van der Waals surface area contributed by atoms with Crippen LogP contribution in [0.25, 0.3) is 10.9 Å². The van der Waals surface area contributed by atoms with E-state index < -0.39 is 40.5 Å². The fraction of sp³-hybridized carbons (Fsp3) is 0.290. The van der Waals surface area contributed by atoms with E-state index in [4.69, 9.17) is 30.5 Å². The van der Waals surface area contributed by atoms with E-state index >= 15 is 0 Å². The van der Waals surface area contributed by atoms with Gasteiger partial charge in [0, 0.05) is 40.0 Å². The lowest BCUT2D eigenvalue weighted by atomic mass is 9.65. The van der Waals surface area contributed by atoms with E-state index in [-0.39, 0.29) is 51.0 Å². The number of nitrogens with one attached hydrogen (secondary N) is 2. The molecule has 0 amide bonds. The van der Waals surface area contributed by atoms with Crippen LogP contribution in [-0.2, 0) is 14.3 Å². The molecule has 10 nitrogen and oxygen atoms in total. The lowest BCUT2D eigenvalue weighted by molar-refractivity contribution is -0.136. The normalized spacial score (nSPS) is 23.0. The van der Waals surface area contributed by atoms with Crippen LogP contribution < -0.4 is 25.1 Å². The summed E-state index contributed by atoms with van der Waals surface area (Å²) in [4.78, 5) is 58.7. The average Bonchev–Trinajstić information content (AvgIpc) is 3.29. The van der Waals surface area contributed by atoms with Crippen molar-refractivity contribution in [2.75, 3.05) is 21.3 Å². The fourth-order valence-electron chi connectivity index (χ4n) is 6.34. The molecule has 216 valence electrons. The number of ketones is 2. The Balaban J connectivity index is 1.59. The van der Waals surface area contributed by atoms with Gasteiger partial charge in [-0.1, -0.05) is 36.7 Å². The zero-order valence-electron chi connectivity index (χ0n) is 23.5. The number of pyridine rings is 1. The number of dihydropyridines is 1. The van der Waals surface area contributed by atoms with Gasteiger partial charge in [0.05, 0.1) is 32.8 Å². The van der Waals surface area contributed by atoms with Gasteiger partial charge in [0.25, 0.3) is 5.56 Å². The Labute approximate surface area is 245 Å². The molecule has 0 unspecified atom stereocenters. The molecule has 1 spiro atoms. The van der Waals surface area contributed by atoms with Crippen LogP contribution in [0.5, 0.6) is 17.2 Å². The number of aromatic amines is 1. The molecule has 0 bridgehead atoms. The van der Waals surface area contributed by atoms with Gasteiger partial charge in [-0.25, -0.2) is 4.79 Å². The first-order valence-electron chi connectivity index (χ1n) is 13.2. The molecule has 3 atom stereocenters. The zero-order chi connectivity index (χ0) is 30.1. The molecule has 2 N–H and O–H groups in total. The maximum absolute atomic E-state index is 14.8. The first-order chi connectivity index (χ1) is 20.1. The second-order valence-electron chi connectivity index (χ2n) is 10.5. The van der Waals surface area contributed by atoms with E-state index in [1.54, 1.807) is 32.0 Å². The number of carbonyl (C=O) groups is 3. The number of aromatic nitrogens is 1. The van der Waals surface area contributed by atoms with Crippen molar-refractivity contribution in [3.63, 3.8) is 0 Å². The number of halogens is 1. The Morgan fingerprint density at radius 2 is 1.76 bits per heavy atom. The Bertz CT molecular complexity index is 1860. The highest BCUT2D eigenvalue weighted by molar-refractivity contribution is 6.36. The number of benzene rings is 2. The predicted molar refractivity (Wildman–Crippen MR) is 153 cm³/mol. The number of esters is 1. The summed E-state index contributed by atoms with van der Waals surface area (Å²) in [5.74, 6) is -3.51. The van der Waals surface area contributed by atoms with Crippen molar-refractivity contribution in [3.8, 4) is 17.2 Å². The number of ether oxygens (including phenoxy) is 4. The molecular formula is C31H27ClN2O8. The molecule has 6 rings (SSSR count). The highest BCUT2D eigenvalue weighted by Crippen LogP contribution is 2.55. The smallest absolute Gasteiger partial charge is 0.336 e. The van der Waals surface area contributed by atoms with E-state index in [0.29, 0.717) is 22.3 Å². The van der Waals surface area contributed by atoms with Crippen molar-refractivity contribution in [1.82, 2.24) is 10.3 Å². The Kier molecular flexibility index (Phi) is 6.42. The van der Waals surface area contributed by atoms with Crippen LogP contribution in [0.4, 0.5) is 0 Å². The second-order valence-corrected chi connectivity index (χ2v) is 10.9. The van der Waals surface area contributed by atoms with Crippen molar-refractivity contribution >= 4 is 40.0 Å². The molecule has 0 radical (unpaired) electrons. The SMILES string of the molecule is COC(=O)C1=C(C)NC2=C(C(=O)[C@@]3(Oc4c(Cl)c(OC)cc(OC)c4C3=O)[C@H](C)C2)[C@H]1c1cc2ccccc2[nH]c1=O. The van der Waals surface area contributed by atoms with Crippen LogP contribution in [0.2, 0.25) is 5.02 Å². The fourth-order valence-corrected chi connectivity index (χ4v) is 6.61. The molecule has 1 aliphatic carbocycles. The Hall–Kier alpha value is -4.57. The number of H-pyrrole nitrogens is 1. The standard InChI is InChI=1S/C31H27ClN2O8/c1-13-10-18-23(27(35)31(13)28(36)24-19(39-3)12-20(40-4)25(32)26(24)42-31)22(21(14(2)33-18)30(38)41-5)16-11-15-8-6-7-9-17(15)34-29(16)37/h6-9,11-13,22,33H,10H2,1-5H3,(H,34,37)/t13-,22+,31+/m1/s1. The van der Waals surface area contributed by atoms with Crippen LogP contribution in [0, 0.1) is 5.92 Å². The van der Waals surface area contributed by atoms with Crippen LogP contribution >= 0.6 is 11.6 Å². The van der Waals surface area contributed by atoms with Crippen molar-refractivity contribution in [3.05, 3.63) is 85.4 Å². The number of rotatable bonds is 4. The maximum Gasteiger partial charge on any atom is 0.336 e. The number of hydrogen-bond acceptors (Lipinski definition) is 9. The van der Waals surface area contributed by atoms with Gasteiger partial charge in [0.2, 0.25) is 17.2 Å². The third kappa shape index (κ3) is 3.64. The number of Topliss-reactive ketones (excluding diaryl/α,β-unsaturated/α-hetero) is 2. The summed E-state index contributed by atoms with van der Waals surface area (Å²) in [6.45, 7) is 3.42. The van der Waals surface area contributed by atoms with E-state index in [9.17, 15) is 19.2 Å². The van der Waals surface area contributed by atoms with Crippen LogP contribution in [0.3, 0.4) is 0 Å². The van der Waals surface area contributed by atoms with Gasteiger partial charge < -0.3 is 29.2 Å². The molecule has 0 saturated heterocycles. The molecule has 42 heavy (non-hydrogen) atoms. The molecular weight excluding hydrogens is 564 g/mol. The third-order valence-corrected chi connectivity index (χ3v) is 8.71. The van der Waals surface area contributed by atoms with Crippen LogP contribution in [-0.4, -0.2) is 49.5 Å². The third-order valence-electron chi connectivity index (χ3n) is 8.35. The summed E-state index contributed by atoms with van der Waals surface area (Å²) < 4.78 is 22.2. The molecule has 3 aromatic rings. The summed E-state index contributed by atoms with van der Waals surface area (Å²) in [6, 6.07) is 10.3. The van der Waals surface area contributed by atoms with Gasteiger partial charge in [0.15, 0.2) is 5.75 Å². The van der Waals surface area contributed by atoms with E-state index in [2.05, 4.69) is 10.3 Å².